The van der Waals surface area contributed by atoms with E-state index in [4.69, 9.17) is 5.73 Å². The van der Waals surface area contributed by atoms with Crippen LogP contribution in [0.15, 0.2) is 0 Å². The Morgan fingerprint density at radius 3 is 2.32 bits per heavy atom. The predicted molar refractivity (Wildman–Crippen MR) is 85.3 cm³/mol. The number of hydrogen-bond acceptors (Lipinski definition) is 3. The van der Waals surface area contributed by atoms with Crippen LogP contribution in [-0.2, 0) is 4.79 Å². The molecule has 2 N–H and O–H groups in total. The molecule has 1 aliphatic rings. The molecule has 1 fully saturated rings. The maximum Gasteiger partial charge on any atom is 0.224 e. The normalized spacial score (nSPS) is 18.1. The van der Waals surface area contributed by atoms with E-state index >= 15 is 0 Å². The van der Waals surface area contributed by atoms with E-state index in [-0.39, 0.29) is 36.8 Å². The van der Waals surface area contributed by atoms with Gasteiger partial charge in [0.25, 0.3) is 0 Å². The van der Waals surface area contributed by atoms with Gasteiger partial charge in [-0.05, 0) is 32.7 Å². The van der Waals surface area contributed by atoms with Crippen LogP contribution in [0.5, 0.6) is 0 Å². The zero-order chi connectivity index (χ0) is 12.8. The van der Waals surface area contributed by atoms with Gasteiger partial charge in [0, 0.05) is 38.6 Å². The van der Waals surface area contributed by atoms with E-state index in [0.717, 1.165) is 25.9 Å². The van der Waals surface area contributed by atoms with Crippen LogP contribution < -0.4 is 5.73 Å². The lowest BCUT2D eigenvalue weighted by molar-refractivity contribution is -0.133. The molecule has 0 aromatic heterocycles. The molecule has 0 bridgehead atoms. The van der Waals surface area contributed by atoms with Gasteiger partial charge in [-0.1, -0.05) is 6.92 Å². The largest absolute Gasteiger partial charge is 0.343 e. The molecule has 0 saturated carbocycles. The molecule has 1 unspecified atom stereocenters. The third kappa shape index (κ3) is 7.35. The average Bonchev–Trinajstić information content (AvgIpc) is 2.28. The number of carbonyl (C=O) groups is 1. The van der Waals surface area contributed by atoms with Gasteiger partial charge in [-0.2, -0.15) is 0 Å². The molecule has 0 spiro atoms. The van der Waals surface area contributed by atoms with Gasteiger partial charge >= 0.3 is 0 Å². The van der Waals surface area contributed by atoms with E-state index in [9.17, 15) is 4.79 Å². The first kappa shape index (κ1) is 21.3. The second-order valence-electron chi connectivity index (χ2n) is 5.26. The average molecular weight is 314 g/mol. The molecule has 0 aliphatic carbocycles. The van der Waals surface area contributed by atoms with Gasteiger partial charge in [-0.25, -0.2) is 0 Å². The van der Waals surface area contributed by atoms with Crippen LogP contribution in [0.3, 0.4) is 0 Å². The first-order chi connectivity index (χ1) is 8.04. The minimum atomic E-state index is -0.0369. The summed E-state index contributed by atoms with van der Waals surface area (Å²) in [6.07, 6.45) is 3.87. The summed E-state index contributed by atoms with van der Waals surface area (Å²) >= 11 is 0. The van der Waals surface area contributed by atoms with Gasteiger partial charge in [-0.15, -0.1) is 24.8 Å². The minimum Gasteiger partial charge on any atom is -0.343 e. The summed E-state index contributed by atoms with van der Waals surface area (Å²) in [6.45, 7) is 7.52. The van der Waals surface area contributed by atoms with Gasteiger partial charge < -0.3 is 15.5 Å². The lowest BCUT2D eigenvalue weighted by Gasteiger charge is -2.36. The van der Waals surface area contributed by atoms with E-state index in [1.165, 1.54) is 13.0 Å². The molecule has 1 rings (SSSR count). The molecule has 116 valence electrons. The van der Waals surface area contributed by atoms with Crippen LogP contribution >= 0.6 is 24.8 Å². The second kappa shape index (κ2) is 10.7. The maximum absolute atomic E-state index is 11.9. The Morgan fingerprint density at radius 1 is 1.37 bits per heavy atom. The Balaban J connectivity index is 0. The highest BCUT2D eigenvalue weighted by Crippen LogP contribution is 2.16. The molecule has 0 aromatic rings. The molecule has 1 heterocycles. The molecule has 1 amide bonds. The third-order valence-corrected chi connectivity index (χ3v) is 3.53. The van der Waals surface area contributed by atoms with E-state index < -0.39 is 0 Å². The molecule has 1 aliphatic heterocycles. The van der Waals surface area contributed by atoms with Crippen LogP contribution in [0.4, 0.5) is 0 Å². The molecule has 0 aromatic carbocycles. The summed E-state index contributed by atoms with van der Waals surface area (Å²) in [4.78, 5) is 16.3. The zero-order valence-corrected chi connectivity index (χ0v) is 13.9. The highest BCUT2D eigenvalue weighted by atomic mass is 35.5. The fourth-order valence-electron chi connectivity index (χ4n) is 2.47. The summed E-state index contributed by atoms with van der Waals surface area (Å²) in [6, 6.07) is 0.375. The fraction of sp³-hybridized carbons (Fsp3) is 0.923. The summed E-state index contributed by atoms with van der Waals surface area (Å²) in [5.74, 6) is 0.189. The van der Waals surface area contributed by atoms with Gasteiger partial charge in [-0.3, -0.25) is 4.79 Å². The standard InChI is InChI=1S/C13H27N3O.2ClH/c1-4-7-16-8-5-12(6-9-16)15(3)13(17)10-11(2)14;;/h11-12H,4-10,14H2,1-3H3;2*1H. The van der Waals surface area contributed by atoms with Crippen molar-refractivity contribution in [2.45, 2.75) is 51.6 Å². The van der Waals surface area contributed by atoms with Crippen LogP contribution in [0.2, 0.25) is 0 Å². The highest BCUT2D eigenvalue weighted by Gasteiger charge is 2.25. The first-order valence-electron chi connectivity index (χ1n) is 6.78. The molecule has 1 atom stereocenters. The monoisotopic (exact) mass is 313 g/mol. The maximum atomic E-state index is 11.9. The molecule has 19 heavy (non-hydrogen) atoms. The number of nitrogens with two attached hydrogens (primary N) is 1. The Labute approximate surface area is 129 Å². The Hall–Kier alpha value is -0.0300. The fourth-order valence-corrected chi connectivity index (χ4v) is 2.47. The number of hydrogen-bond donors (Lipinski definition) is 1. The molecule has 1 saturated heterocycles. The van der Waals surface area contributed by atoms with E-state index in [1.54, 1.807) is 0 Å². The van der Waals surface area contributed by atoms with Gasteiger partial charge in [0.2, 0.25) is 5.91 Å². The number of rotatable bonds is 5. The van der Waals surface area contributed by atoms with Gasteiger partial charge in [0.1, 0.15) is 0 Å². The molecule has 6 heteroatoms. The summed E-state index contributed by atoms with van der Waals surface area (Å²) < 4.78 is 0. The molecule has 0 radical (unpaired) electrons. The van der Waals surface area contributed by atoms with Crippen molar-refractivity contribution < 1.29 is 4.79 Å². The Bertz CT molecular complexity index is 244. The van der Waals surface area contributed by atoms with Crippen molar-refractivity contribution in [2.75, 3.05) is 26.7 Å². The lowest BCUT2D eigenvalue weighted by Crippen LogP contribution is -2.46. The van der Waals surface area contributed by atoms with Gasteiger partial charge in [0.15, 0.2) is 0 Å². The van der Waals surface area contributed by atoms with Crippen molar-refractivity contribution >= 4 is 30.7 Å². The second-order valence-corrected chi connectivity index (χ2v) is 5.26. The summed E-state index contributed by atoms with van der Waals surface area (Å²) in [5.41, 5.74) is 5.67. The van der Waals surface area contributed by atoms with Crippen LogP contribution in [0.1, 0.15) is 39.5 Å². The number of carbonyl (C=O) groups excluding carboxylic acids is 1. The predicted octanol–water partition coefficient (Wildman–Crippen LogP) is 1.90. The number of halogens is 2. The summed E-state index contributed by atoms with van der Waals surface area (Å²) in [7, 11) is 1.92. The number of amides is 1. The quantitative estimate of drug-likeness (QED) is 0.843. The van der Waals surface area contributed by atoms with Crippen molar-refractivity contribution in [3.05, 3.63) is 0 Å². The number of nitrogens with zero attached hydrogens (tertiary/aromatic N) is 2. The summed E-state index contributed by atoms with van der Waals surface area (Å²) in [5, 5.41) is 0. The first-order valence-corrected chi connectivity index (χ1v) is 6.78. The molecule has 4 nitrogen and oxygen atoms in total. The smallest absolute Gasteiger partial charge is 0.224 e. The van der Waals surface area contributed by atoms with Crippen LogP contribution in [0, 0.1) is 0 Å². The van der Waals surface area contributed by atoms with Gasteiger partial charge in [0.05, 0.1) is 0 Å². The molecular weight excluding hydrogens is 285 g/mol. The Kier molecular flexibility index (Phi) is 12.0. The van der Waals surface area contributed by atoms with E-state index in [0.29, 0.717) is 12.5 Å². The SMILES string of the molecule is CCCN1CCC(N(C)C(=O)CC(C)N)CC1.Cl.Cl. The Morgan fingerprint density at radius 2 is 1.89 bits per heavy atom. The van der Waals surface area contributed by atoms with Crippen molar-refractivity contribution in [3.63, 3.8) is 0 Å². The van der Waals surface area contributed by atoms with Crippen molar-refractivity contribution in [1.82, 2.24) is 9.80 Å². The highest BCUT2D eigenvalue weighted by molar-refractivity contribution is 5.85. The zero-order valence-electron chi connectivity index (χ0n) is 12.3. The van der Waals surface area contributed by atoms with Crippen molar-refractivity contribution in [2.24, 2.45) is 5.73 Å². The number of piperidine rings is 1. The van der Waals surface area contributed by atoms with Crippen molar-refractivity contribution in [3.8, 4) is 0 Å². The van der Waals surface area contributed by atoms with E-state index in [2.05, 4.69) is 11.8 Å². The third-order valence-electron chi connectivity index (χ3n) is 3.53. The topological polar surface area (TPSA) is 49.6 Å². The number of likely N-dealkylation sites (tertiary alicyclic amines) is 1. The van der Waals surface area contributed by atoms with Crippen LogP contribution in [-0.4, -0.2) is 54.5 Å². The van der Waals surface area contributed by atoms with Crippen molar-refractivity contribution in [1.29, 1.82) is 0 Å². The lowest BCUT2D eigenvalue weighted by atomic mass is 10.0. The minimum absolute atomic E-state index is 0. The molecular formula is C13H29Cl2N3O. The van der Waals surface area contributed by atoms with Crippen LogP contribution in [0.25, 0.3) is 0 Å². The van der Waals surface area contributed by atoms with E-state index in [1.807, 2.05) is 18.9 Å².